The normalized spacial score (nSPS) is 10.8. The van der Waals surface area contributed by atoms with Gasteiger partial charge in [0.25, 0.3) is 5.91 Å². The molecule has 1 heterocycles. The largest absolute Gasteiger partial charge is 0.507 e. The number of nitrogens with zero attached hydrogens (tertiary/aromatic N) is 1. The van der Waals surface area contributed by atoms with E-state index in [-0.39, 0.29) is 22.7 Å². The second-order valence-corrected chi connectivity index (χ2v) is 7.67. The zero-order valence-corrected chi connectivity index (χ0v) is 18.1. The highest BCUT2D eigenvalue weighted by Gasteiger charge is 2.14. The number of aromatic hydroxyl groups is 1. The van der Waals surface area contributed by atoms with Gasteiger partial charge in [-0.3, -0.25) is 10.1 Å². The molecule has 4 aromatic rings. The van der Waals surface area contributed by atoms with Crippen molar-refractivity contribution in [1.29, 1.82) is 0 Å². The highest BCUT2D eigenvalue weighted by Crippen LogP contribution is 2.33. The zero-order chi connectivity index (χ0) is 22.0. The Morgan fingerprint density at radius 2 is 1.90 bits per heavy atom. The molecule has 0 unspecified atom stereocenters. The average molecular weight is 452 g/mol. The van der Waals surface area contributed by atoms with Crippen LogP contribution in [-0.2, 0) is 6.42 Å². The number of thiocarbonyl (C=S) groups is 1. The van der Waals surface area contributed by atoms with Crippen molar-refractivity contribution in [2.45, 2.75) is 13.3 Å². The minimum absolute atomic E-state index is 0.0491. The van der Waals surface area contributed by atoms with Gasteiger partial charge < -0.3 is 14.8 Å². The van der Waals surface area contributed by atoms with E-state index in [4.69, 9.17) is 28.2 Å². The summed E-state index contributed by atoms with van der Waals surface area (Å²) in [6.45, 7) is 2.05. The molecule has 0 aliphatic rings. The van der Waals surface area contributed by atoms with Crippen LogP contribution in [0.2, 0.25) is 5.02 Å². The average Bonchev–Trinajstić information content (AvgIpc) is 3.16. The third-order valence-electron chi connectivity index (χ3n) is 4.69. The molecular formula is C23H18ClN3O3S. The first-order valence-electron chi connectivity index (χ1n) is 9.53. The van der Waals surface area contributed by atoms with E-state index >= 15 is 0 Å². The number of halogens is 1. The molecule has 1 amide bonds. The molecule has 1 aromatic heterocycles. The molecule has 0 fully saturated rings. The number of nitrogens with one attached hydrogen (secondary N) is 2. The Labute approximate surface area is 188 Å². The topological polar surface area (TPSA) is 87.4 Å². The first kappa shape index (κ1) is 20.8. The lowest BCUT2D eigenvalue weighted by Gasteiger charge is -2.11. The summed E-state index contributed by atoms with van der Waals surface area (Å²) < 4.78 is 5.70. The summed E-state index contributed by atoms with van der Waals surface area (Å²) in [6, 6.07) is 17.3. The van der Waals surface area contributed by atoms with Crippen LogP contribution in [-0.4, -0.2) is 21.1 Å². The highest BCUT2D eigenvalue weighted by atomic mass is 35.5. The predicted molar refractivity (Wildman–Crippen MR) is 126 cm³/mol. The van der Waals surface area contributed by atoms with Crippen molar-refractivity contribution in [3.63, 3.8) is 0 Å². The SMILES string of the molecule is CCc1ccc(C(=O)NC(=S)Nc2ccc(-c3nc4cc(Cl)ccc4o3)c(O)c2)cc1. The summed E-state index contributed by atoms with van der Waals surface area (Å²) >= 11 is 11.2. The van der Waals surface area contributed by atoms with Crippen molar-refractivity contribution < 1.29 is 14.3 Å². The Balaban J connectivity index is 1.45. The number of phenols is 1. The minimum atomic E-state index is -0.314. The third kappa shape index (κ3) is 4.68. The van der Waals surface area contributed by atoms with Crippen LogP contribution < -0.4 is 10.6 Å². The number of fused-ring (bicyclic) bond motifs is 1. The van der Waals surface area contributed by atoms with Gasteiger partial charge in [0, 0.05) is 22.3 Å². The standard InChI is InChI=1S/C23H18ClN3O3S/c1-2-13-3-5-14(6-4-13)21(29)27-23(31)25-16-8-9-17(19(28)12-16)22-26-18-11-15(24)7-10-20(18)30-22/h3-12,28H,2H2,1H3,(H2,25,27,29,31). The second kappa shape index (κ2) is 8.75. The summed E-state index contributed by atoms with van der Waals surface area (Å²) in [4.78, 5) is 16.7. The summed E-state index contributed by atoms with van der Waals surface area (Å²) in [6.07, 6.45) is 0.901. The first-order chi connectivity index (χ1) is 14.9. The number of rotatable bonds is 4. The van der Waals surface area contributed by atoms with Crippen LogP contribution in [0.4, 0.5) is 5.69 Å². The third-order valence-corrected chi connectivity index (χ3v) is 5.13. The van der Waals surface area contributed by atoms with Gasteiger partial charge in [-0.05, 0) is 66.7 Å². The van der Waals surface area contributed by atoms with Crippen molar-refractivity contribution in [3.05, 3.63) is 76.8 Å². The van der Waals surface area contributed by atoms with Gasteiger partial charge >= 0.3 is 0 Å². The number of carbonyl (C=O) groups is 1. The van der Waals surface area contributed by atoms with Gasteiger partial charge in [-0.2, -0.15) is 0 Å². The number of carbonyl (C=O) groups excluding carboxylic acids is 1. The molecule has 3 aromatic carbocycles. The van der Waals surface area contributed by atoms with Crippen LogP contribution in [0.5, 0.6) is 5.75 Å². The van der Waals surface area contributed by atoms with E-state index in [2.05, 4.69) is 22.5 Å². The van der Waals surface area contributed by atoms with Crippen molar-refractivity contribution in [3.8, 4) is 17.2 Å². The van der Waals surface area contributed by atoms with Crippen LogP contribution in [0, 0.1) is 0 Å². The molecular weight excluding hydrogens is 434 g/mol. The van der Waals surface area contributed by atoms with Crippen LogP contribution >= 0.6 is 23.8 Å². The lowest BCUT2D eigenvalue weighted by Crippen LogP contribution is -2.34. The number of hydrogen-bond donors (Lipinski definition) is 3. The summed E-state index contributed by atoms with van der Waals surface area (Å²) in [5.74, 6) is -0.0919. The van der Waals surface area contributed by atoms with Crippen LogP contribution in [0.25, 0.3) is 22.6 Å². The highest BCUT2D eigenvalue weighted by molar-refractivity contribution is 7.80. The molecule has 0 spiro atoms. The maximum Gasteiger partial charge on any atom is 0.257 e. The van der Waals surface area contributed by atoms with E-state index < -0.39 is 0 Å². The van der Waals surface area contributed by atoms with Crippen LogP contribution in [0.1, 0.15) is 22.8 Å². The van der Waals surface area contributed by atoms with Gasteiger partial charge in [0.1, 0.15) is 11.3 Å². The number of hydrogen-bond acceptors (Lipinski definition) is 5. The number of benzene rings is 3. The van der Waals surface area contributed by atoms with Gasteiger partial charge in [0.15, 0.2) is 10.7 Å². The number of amides is 1. The lowest BCUT2D eigenvalue weighted by molar-refractivity contribution is 0.0977. The van der Waals surface area contributed by atoms with E-state index in [0.717, 1.165) is 12.0 Å². The number of aryl methyl sites for hydroxylation is 1. The number of aromatic nitrogens is 1. The fourth-order valence-corrected chi connectivity index (χ4v) is 3.41. The number of anilines is 1. The molecule has 0 saturated carbocycles. The molecule has 4 rings (SSSR count). The van der Waals surface area contributed by atoms with Crippen molar-refractivity contribution in [2.24, 2.45) is 0 Å². The van der Waals surface area contributed by atoms with Crippen LogP contribution in [0.3, 0.4) is 0 Å². The molecule has 0 radical (unpaired) electrons. The van der Waals surface area contributed by atoms with Crippen LogP contribution in [0.15, 0.2) is 65.1 Å². The van der Waals surface area contributed by atoms with Crippen molar-refractivity contribution in [1.82, 2.24) is 10.3 Å². The maximum atomic E-state index is 12.3. The zero-order valence-electron chi connectivity index (χ0n) is 16.5. The molecule has 6 nitrogen and oxygen atoms in total. The number of phenolic OH excluding ortho intramolecular Hbond substituents is 1. The smallest absolute Gasteiger partial charge is 0.257 e. The van der Waals surface area contributed by atoms with Gasteiger partial charge in [0.2, 0.25) is 5.89 Å². The summed E-state index contributed by atoms with van der Waals surface area (Å²) in [7, 11) is 0. The molecule has 156 valence electrons. The summed E-state index contributed by atoms with van der Waals surface area (Å²) in [5.41, 5.74) is 3.75. The Morgan fingerprint density at radius 1 is 1.13 bits per heavy atom. The monoisotopic (exact) mass is 451 g/mol. The molecule has 0 atom stereocenters. The van der Waals surface area contributed by atoms with Gasteiger partial charge in [-0.25, -0.2) is 4.98 Å². The van der Waals surface area contributed by atoms with Gasteiger partial charge in [0.05, 0.1) is 5.56 Å². The predicted octanol–water partition coefficient (Wildman–Crippen LogP) is 5.54. The minimum Gasteiger partial charge on any atom is -0.507 e. The van der Waals surface area contributed by atoms with E-state index in [0.29, 0.717) is 32.9 Å². The molecule has 0 saturated heterocycles. The van der Waals surface area contributed by atoms with Crippen molar-refractivity contribution in [2.75, 3.05) is 5.32 Å². The molecule has 3 N–H and O–H groups in total. The van der Waals surface area contributed by atoms with Gasteiger partial charge in [-0.15, -0.1) is 0 Å². The Hall–Kier alpha value is -3.42. The molecule has 31 heavy (non-hydrogen) atoms. The first-order valence-corrected chi connectivity index (χ1v) is 10.3. The van der Waals surface area contributed by atoms with E-state index in [9.17, 15) is 9.90 Å². The molecule has 0 aliphatic heterocycles. The maximum absolute atomic E-state index is 12.3. The van der Waals surface area contributed by atoms with E-state index in [1.165, 1.54) is 6.07 Å². The quantitative estimate of drug-likeness (QED) is 0.353. The Bertz CT molecular complexity index is 1290. The van der Waals surface area contributed by atoms with E-state index in [1.54, 1.807) is 42.5 Å². The van der Waals surface area contributed by atoms with E-state index in [1.807, 2.05) is 12.1 Å². The fraction of sp³-hybridized carbons (Fsp3) is 0.0870. The molecule has 0 bridgehead atoms. The number of oxazole rings is 1. The lowest BCUT2D eigenvalue weighted by atomic mass is 10.1. The summed E-state index contributed by atoms with van der Waals surface area (Å²) in [5, 5.41) is 16.6. The Kier molecular flexibility index (Phi) is 5.88. The molecule has 8 heteroatoms. The van der Waals surface area contributed by atoms with Gasteiger partial charge in [-0.1, -0.05) is 30.7 Å². The molecule has 0 aliphatic carbocycles. The second-order valence-electron chi connectivity index (χ2n) is 6.82. The van der Waals surface area contributed by atoms with Crippen molar-refractivity contribution >= 4 is 51.6 Å². The Morgan fingerprint density at radius 3 is 2.61 bits per heavy atom. The fourth-order valence-electron chi connectivity index (χ4n) is 3.04.